The van der Waals surface area contributed by atoms with Gasteiger partial charge in [0.15, 0.2) is 6.23 Å². The average molecular weight is 612 g/mol. The SMILES string of the molecule is CC(C)OC(=O)[C@@H](C)NP(=O)(OC[C@H]1O[C@@H](n2cc(Cl)c(=O)[nH]c2=O)[C@](C)(O)[C@@H]1O)Oc1cccc2ccccc12. The Morgan fingerprint density at radius 2 is 1.90 bits per heavy atom. The minimum absolute atomic E-state index is 0.190. The molecule has 2 aromatic carbocycles. The Morgan fingerprint density at radius 3 is 2.61 bits per heavy atom. The van der Waals surface area contributed by atoms with Crippen LogP contribution in [-0.4, -0.2) is 62.3 Å². The fraction of sp³-hybridized carbons (Fsp3) is 0.423. The number of H-pyrrole nitrogens is 1. The molecule has 13 nitrogen and oxygen atoms in total. The van der Waals surface area contributed by atoms with E-state index in [0.29, 0.717) is 5.39 Å². The maximum absolute atomic E-state index is 14.1. The van der Waals surface area contributed by atoms with Crippen molar-refractivity contribution in [3.63, 3.8) is 0 Å². The van der Waals surface area contributed by atoms with E-state index in [0.717, 1.165) is 16.2 Å². The zero-order chi connectivity index (χ0) is 30.1. The monoisotopic (exact) mass is 611 g/mol. The highest BCUT2D eigenvalue weighted by Crippen LogP contribution is 2.48. The molecule has 1 unspecified atom stereocenters. The van der Waals surface area contributed by atoms with E-state index < -0.39 is 67.8 Å². The molecule has 1 fully saturated rings. The van der Waals surface area contributed by atoms with Crippen LogP contribution in [0.4, 0.5) is 0 Å². The van der Waals surface area contributed by atoms with Crippen molar-refractivity contribution < 1.29 is 38.1 Å². The molecule has 15 heteroatoms. The highest BCUT2D eigenvalue weighted by Gasteiger charge is 2.54. The summed E-state index contributed by atoms with van der Waals surface area (Å²) < 4.78 is 37.3. The zero-order valence-electron chi connectivity index (χ0n) is 22.6. The second-order valence-corrected chi connectivity index (χ2v) is 12.1. The smallest absolute Gasteiger partial charge is 0.459 e. The number of hydrogen-bond acceptors (Lipinski definition) is 10. The van der Waals surface area contributed by atoms with Crippen molar-refractivity contribution >= 4 is 36.1 Å². The topological polar surface area (TPSA) is 178 Å². The van der Waals surface area contributed by atoms with Crippen molar-refractivity contribution in [2.24, 2.45) is 0 Å². The summed E-state index contributed by atoms with van der Waals surface area (Å²) in [6, 6.07) is 11.1. The number of aromatic nitrogens is 2. The van der Waals surface area contributed by atoms with Crippen LogP contribution in [0.2, 0.25) is 5.02 Å². The van der Waals surface area contributed by atoms with Crippen LogP contribution in [0, 0.1) is 0 Å². The molecule has 0 radical (unpaired) electrons. The van der Waals surface area contributed by atoms with E-state index in [4.69, 9.17) is 30.1 Å². The van der Waals surface area contributed by atoms with Gasteiger partial charge in [-0.1, -0.05) is 48.0 Å². The Bertz CT molecular complexity index is 1580. The largest absolute Gasteiger partial charge is 0.462 e. The Balaban J connectivity index is 1.61. The molecule has 1 saturated heterocycles. The van der Waals surface area contributed by atoms with Gasteiger partial charge in [-0.25, -0.2) is 9.36 Å². The van der Waals surface area contributed by atoms with Gasteiger partial charge in [-0.2, -0.15) is 5.09 Å². The average Bonchev–Trinajstić information content (AvgIpc) is 3.13. The van der Waals surface area contributed by atoms with Crippen molar-refractivity contribution in [3.8, 4) is 5.75 Å². The van der Waals surface area contributed by atoms with Crippen molar-refractivity contribution in [1.29, 1.82) is 0 Å². The number of benzene rings is 2. The van der Waals surface area contributed by atoms with Crippen LogP contribution in [0.1, 0.15) is 33.9 Å². The number of aliphatic hydroxyl groups is 2. The lowest BCUT2D eigenvalue weighted by atomic mass is 9.96. The van der Waals surface area contributed by atoms with Crippen LogP contribution in [-0.2, 0) is 23.4 Å². The summed E-state index contributed by atoms with van der Waals surface area (Å²) in [6.45, 7) is 5.34. The molecule has 41 heavy (non-hydrogen) atoms. The number of halogens is 1. The Morgan fingerprint density at radius 1 is 1.22 bits per heavy atom. The standard InChI is InChI=1S/C26H31ClN3O10P/c1-14(2)38-23(33)15(3)29-41(36,40-19-11-7-9-16-8-5-6-10-17(16)19)37-13-20-21(31)26(4,35)24(39-20)30-12-18(27)22(32)28-25(30)34/h5-12,14-15,20-21,24,31,35H,13H2,1-4H3,(H,29,36)(H,28,32,34)/t15-,20-,21-,24-,26-,41?/m1/s1. The van der Waals surface area contributed by atoms with E-state index >= 15 is 0 Å². The molecule has 1 aliphatic rings. The third-order valence-corrected chi connectivity index (χ3v) is 8.26. The number of aliphatic hydroxyl groups excluding tert-OH is 1. The Kier molecular flexibility index (Phi) is 9.10. The molecule has 222 valence electrons. The van der Waals surface area contributed by atoms with Crippen LogP contribution in [0.25, 0.3) is 10.8 Å². The van der Waals surface area contributed by atoms with E-state index in [1.807, 2.05) is 23.2 Å². The number of nitrogens with zero attached hydrogens (tertiary/aromatic N) is 1. The number of carbonyl (C=O) groups is 1. The second kappa shape index (κ2) is 12.1. The van der Waals surface area contributed by atoms with Crippen LogP contribution in [0.15, 0.2) is 58.3 Å². The third-order valence-electron chi connectivity index (χ3n) is 6.37. The predicted octanol–water partition coefficient (Wildman–Crippen LogP) is 2.49. The van der Waals surface area contributed by atoms with Gasteiger partial charge < -0.3 is 24.2 Å². The number of ether oxygens (including phenoxy) is 2. The van der Waals surface area contributed by atoms with Gasteiger partial charge in [-0.15, -0.1) is 0 Å². The molecule has 1 aromatic heterocycles. The summed E-state index contributed by atoms with van der Waals surface area (Å²) in [5.41, 5.74) is -3.85. The molecule has 0 saturated carbocycles. The van der Waals surface area contributed by atoms with E-state index in [1.54, 1.807) is 38.1 Å². The molecule has 3 aromatic rings. The number of aromatic amines is 1. The molecule has 2 heterocycles. The van der Waals surface area contributed by atoms with Gasteiger partial charge in [0.25, 0.3) is 5.56 Å². The molecule has 4 N–H and O–H groups in total. The van der Waals surface area contributed by atoms with Crippen molar-refractivity contribution in [3.05, 3.63) is 74.5 Å². The molecular weight excluding hydrogens is 581 g/mol. The number of hydrogen-bond donors (Lipinski definition) is 4. The molecule has 0 aliphatic carbocycles. The van der Waals surface area contributed by atoms with Gasteiger partial charge in [0.05, 0.1) is 12.7 Å². The number of esters is 1. The summed E-state index contributed by atoms with van der Waals surface area (Å²) in [6.07, 6.45) is -3.96. The van der Waals surface area contributed by atoms with Crippen LogP contribution < -0.4 is 20.9 Å². The molecule has 4 rings (SSSR count). The molecule has 1 aliphatic heterocycles. The fourth-order valence-corrected chi connectivity index (χ4v) is 5.98. The minimum Gasteiger partial charge on any atom is -0.462 e. The first-order valence-electron chi connectivity index (χ1n) is 12.7. The van der Waals surface area contributed by atoms with Gasteiger partial charge in [0, 0.05) is 11.6 Å². The maximum atomic E-state index is 14.1. The fourth-order valence-electron chi connectivity index (χ4n) is 4.30. The second-order valence-electron chi connectivity index (χ2n) is 10.0. The van der Waals surface area contributed by atoms with Crippen LogP contribution >= 0.6 is 19.3 Å². The lowest BCUT2D eigenvalue weighted by Crippen LogP contribution is -2.47. The molecule has 0 bridgehead atoms. The number of nitrogens with one attached hydrogen (secondary N) is 2. The van der Waals surface area contributed by atoms with Crippen molar-refractivity contribution in [2.75, 3.05) is 6.61 Å². The van der Waals surface area contributed by atoms with Gasteiger partial charge in [0.1, 0.15) is 34.6 Å². The molecule has 6 atom stereocenters. The molecular formula is C26H31ClN3O10P. The van der Waals surface area contributed by atoms with Crippen LogP contribution in [0.3, 0.4) is 0 Å². The van der Waals surface area contributed by atoms with Crippen LogP contribution in [0.5, 0.6) is 5.75 Å². The van der Waals surface area contributed by atoms with E-state index in [2.05, 4.69) is 5.09 Å². The lowest BCUT2D eigenvalue weighted by molar-refractivity contribution is -0.149. The summed E-state index contributed by atoms with van der Waals surface area (Å²) in [7, 11) is -4.40. The number of carbonyl (C=O) groups excluding carboxylic acids is 1. The van der Waals surface area contributed by atoms with E-state index in [1.165, 1.54) is 13.8 Å². The van der Waals surface area contributed by atoms with E-state index in [-0.39, 0.29) is 10.8 Å². The van der Waals surface area contributed by atoms with E-state index in [9.17, 15) is 29.2 Å². The minimum atomic E-state index is -4.40. The lowest BCUT2D eigenvalue weighted by Gasteiger charge is -2.27. The third kappa shape index (κ3) is 6.73. The van der Waals surface area contributed by atoms with Crippen molar-refractivity contribution in [2.45, 2.75) is 63.9 Å². The Labute approximate surface area is 239 Å². The highest BCUT2D eigenvalue weighted by atomic mass is 35.5. The first-order chi connectivity index (χ1) is 19.2. The maximum Gasteiger partial charge on any atom is 0.459 e. The normalized spacial score (nSPS) is 24.7. The van der Waals surface area contributed by atoms with Gasteiger partial charge >= 0.3 is 19.4 Å². The van der Waals surface area contributed by atoms with Gasteiger partial charge in [0.2, 0.25) is 0 Å². The summed E-state index contributed by atoms with van der Waals surface area (Å²) in [5, 5.41) is 25.5. The predicted molar refractivity (Wildman–Crippen MR) is 149 cm³/mol. The van der Waals surface area contributed by atoms with Gasteiger partial charge in [-0.3, -0.25) is 23.7 Å². The van der Waals surface area contributed by atoms with Gasteiger partial charge in [-0.05, 0) is 39.1 Å². The zero-order valence-corrected chi connectivity index (χ0v) is 24.3. The quantitative estimate of drug-likeness (QED) is 0.195. The first kappa shape index (κ1) is 30.9. The highest BCUT2D eigenvalue weighted by molar-refractivity contribution is 7.52. The molecule has 0 amide bonds. The first-order valence-corrected chi connectivity index (χ1v) is 14.6. The molecule has 0 spiro atoms. The Hall–Kier alpha value is -3.03. The van der Waals surface area contributed by atoms with Crippen molar-refractivity contribution in [1.82, 2.24) is 14.6 Å². The number of fused-ring (bicyclic) bond motifs is 1. The summed E-state index contributed by atoms with van der Waals surface area (Å²) in [4.78, 5) is 38.6. The summed E-state index contributed by atoms with van der Waals surface area (Å²) >= 11 is 5.85. The number of rotatable bonds is 10. The summed E-state index contributed by atoms with van der Waals surface area (Å²) in [5.74, 6) is -0.518.